The van der Waals surface area contributed by atoms with Crippen LogP contribution in [0.3, 0.4) is 0 Å². The number of hydrogen-bond acceptors (Lipinski definition) is 4. The lowest BCUT2D eigenvalue weighted by Gasteiger charge is -2.27. The molecular formula is C25H24F3N3O3. The van der Waals surface area contributed by atoms with Crippen LogP contribution >= 0.6 is 0 Å². The molecule has 178 valence electrons. The molecule has 0 fully saturated rings. The maximum Gasteiger partial charge on any atom is 0.416 e. The van der Waals surface area contributed by atoms with Crippen molar-refractivity contribution < 1.29 is 27.5 Å². The first-order valence-electron chi connectivity index (χ1n) is 10.4. The quantitative estimate of drug-likeness (QED) is 0.508. The molecule has 0 radical (unpaired) electrons. The summed E-state index contributed by atoms with van der Waals surface area (Å²) in [6.07, 6.45) is -2.66. The average Bonchev–Trinajstić information content (AvgIpc) is 2.78. The molecule has 0 spiro atoms. The van der Waals surface area contributed by atoms with Gasteiger partial charge in [0.25, 0.3) is 11.8 Å². The van der Waals surface area contributed by atoms with E-state index in [-0.39, 0.29) is 17.2 Å². The zero-order valence-corrected chi connectivity index (χ0v) is 18.9. The Kier molecular flexibility index (Phi) is 7.24. The number of carbonyl (C=O) groups excluding carboxylic acids is 2. The fourth-order valence-corrected chi connectivity index (χ4v) is 3.35. The van der Waals surface area contributed by atoms with Crippen molar-refractivity contribution in [2.24, 2.45) is 0 Å². The molecule has 0 saturated carbocycles. The van der Waals surface area contributed by atoms with Crippen LogP contribution in [0.1, 0.15) is 45.8 Å². The third kappa shape index (κ3) is 6.57. The maximum absolute atomic E-state index is 13.0. The Balaban J connectivity index is 1.70. The van der Waals surface area contributed by atoms with Crippen molar-refractivity contribution in [3.63, 3.8) is 0 Å². The second-order valence-corrected chi connectivity index (χ2v) is 8.30. The lowest BCUT2D eigenvalue weighted by Crippen LogP contribution is -2.45. The van der Waals surface area contributed by atoms with Gasteiger partial charge in [0.05, 0.1) is 5.56 Å². The van der Waals surface area contributed by atoms with Crippen LogP contribution in [0.4, 0.5) is 13.2 Å². The highest BCUT2D eigenvalue weighted by molar-refractivity contribution is 5.95. The Morgan fingerprint density at radius 2 is 1.65 bits per heavy atom. The molecule has 0 aliphatic heterocycles. The lowest BCUT2D eigenvalue weighted by atomic mass is 9.94. The van der Waals surface area contributed by atoms with Gasteiger partial charge in [-0.3, -0.25) is 14.6 Å². The zero-order valence-electron chi connectivity index (χ0n) is 18.9. The summed E-state index contributed by atoms with van der Waals surface area (Å²) in [6.45, 7) is 3.56. The summed E-state index contributed by atoms with van der Waals surface area (Å²) in [7, 11) is 1.51. The SMILES string of the molecule is CNC(=O)c1cc(Oc2cccc(CC(C)(C)NC(=O)c3cccc(C(F)(F)F)c3)c2)ccn1. The van der Waals surface area contributed by atoms with Crippen molar-refractivity contribution in [2.75, 3.05) is 7.05 Å². The molecule has 3 rings (SSSR count). The van der Waals surface area contributed by atoms with Crippen LogP contribution in [0.5, 0.6) is 11.5 Å². The van der Waals surface area contributed by atoms with Crippen molar-refractivity contribution in [1.29, 1.82) is 0 Å². The summed E-state index contributed by atoms with van der Waals surface area (Å²) in [6, 6.07) is 14.6. The van der Waals surface area contributed by atoms with Crippen LogP contribution in [0.25, 0.3) is 0 Å². The first-order chi connectivity index (χ1) is 16.0. The largest absolute Gasteiger partial charge is 0.457 e. The molecule has 0 unspecified atom stereocenters. The van der Waals surface area contributed by atoms with Gasteiger partial charge in [0.15, 0.2) is 0 Å². The minimum Gasteiger partial charge on any atom is -0.457 e. The first-order valence-corrected chi connectivity index (χ1v) is 10.4. The molecule has 2 N–H and O–H groups in total. The minimum atomic E-state index is -4.53. The van der Waals surface area contributed by atoms with E-state index in [1.54, 1.807) is 38.1 Å². The highest BCUT2D eigenvalue weighted by Crippen LogP contribution is 2.30. The average molecular weight is 471 g/mol. The van der Waals surface area contributed by atoms with E-state index in [4.69, 9.17) is 4.74 Å². The van der Waals surface area contributed by atoms with Gasteiger partial charge in [-0.15, -0.1) is 0 Å². The lowest BCUT2D eigenvalue weighted by molar-refractivity contribution is -0.137. The molecule has 34 heavy (non-hydrogen) atoms. The summed E-state index contributed by atoms with van der Waals surface area (Å²) < 4.78 is 44.7. The number of carbonyl (C=O) groups is 2. The van der Waals surface area contributed by atoms with Gasteiger partial charge in [-0.25, -0.2) is 0 Å². The number of halogens is 3. The molecule has 0 bridgehead atoms. The van der Waals surface area contributed by atoms with Crippen molar-refractivity contribution in [2.45, 2.75) is 32.0 Å². The normalized spacial score (nSPS) is 11.6. The molecule has 3 aromatic rings. The predicted octanol–water partition coefficient (Wildman–Crippen LogP) is 5.00. The van der Waals surface area contributed by atoms with Gasteiger partial charge in [-0.1, -0.05) is 18.2 Å². The van der Waals surface area contributed by atoms with E-state index < -0.39 is 23.2 Å². The fraction of sp³-hybridized carbons (Fsp3) is 0.240. The Bertz CT molecular complexity index is 1190. The standard InChI is InChI=1S/C25H24F3N3O3/c1-24(2,31-22(32)17-7-5-8-18(13-17)25(26,27)28)15-16-6-4-9-19(12-16)34-20-10-11-30-21(14-20)23(33)29-3/h4-14H,15H2,1-3H3,(H,29,33)(H,31,32). The fourth-order valence-electron chi connectivity index (χ4n) is 3.35. The second kappa shape index (κ2) is 9.94. The Hall–Kier alpha value is -3.88. The molecule has 0 aliphatic carbocycles. The Morgan fingerprint density at radius 1 is 0.941 bits per heavy atom. The van der Waals surface area contributed by atoms with Crippen molar-refractivity contribution >= 4 is 11.8 Å². The molecule has 0 saturated heterocycles. The van der Waals surface area contributed by atoms with Gasteiger partial charge in [-0.2, -0.15) is 13.2 Å². The topological polar surface area (TPSA) is 80.3 Å². The number of ether oxygens (including phenoxy) is 1. The van der Waals surface area contributed by atoms with E-state index in [1.807, 2.05) is 6.07 Å². The van der Waals surface area contributed by atoms with Crippen molar-refractivity contribution in [1.82, 2.24) is 15.6 Å². The number of nitrogens with zero attached hydrogens (tertiary/aromatic N) is 1. The monoisotopic (exact) mass is 471 g/mol. The van der Waals surface area contributed by atoms with E-state index in [0.29, 0.717) is 17.9 Å². The van der Waals surface area contributed by atoms with E-state index >= 15 is 0 Å². The van der Waals surface area contributed by atoms with Crippen LogP contribution in [0.15, 0.2) is 66.9 Å². The van der Waals surface area contributed by atoms with E-state index in [9.17, 15) is 22.8 Å². The summed E-state index contributed by atoms with van der Waals surface area (Å²) in [4.78, 5) is 28.4. The molecule has 1 aromatic heterocycles. The second-order valence-electron chi connectivity index (χ2n) is 8.30. The van der Waals surface area contributed by atoms with Gasteiger partial charge in [0, 0.05) is 30.4 Å². The molecule has 6 nitrogen and oxygen atoms in total. The number of hydrogen-bond donors (Lipinski definition) is 2. The molecule has 2 aromatic carbocycles. The smallest absolute Gasteiger partial charge is 0.416 e. The number of amides is 2. The maximum atomic E-state index is 13.0. The number of nitrogens with one attached hydrogen (secondary N) is 2. The van der Waals surface area contributed by atoms with Gasteiger partial charge in [-0.05, 0) is 62.2 Å². The molecule has 0 aliphatic rings. The predicted molar refractivity (Wildman–Crippen MR) is 121 cm³/mol. The van der Waals surface area contributed by atoms with E-state index in [0.717, 1.165) is 17.7 Å². The zero-order chi connectivity index (χ0) is 24.9. The number of aromatic nitrogens is 1. The Morgan fingerprint density at radius 3 is 2.35 bits per heavy atom. The number of pyridine rings is 1. The third-order valence-corrected chi connectivity index (χ3v) is 4.88. The van der Waals surface area contributed by atoms with E-state index in [2.05, 4.69) is 15.6 Å². The Labute approximate surface area is 195 Å². The van der Waals surface area contributed by atoms with Crippen LogP contribution in [0.2, 0.25) is 0 Å². The van der Waals surface area contributed by atoms with Crippen molar-refractivity contribution in [3.8, 4) is 11.5 Å². The van der Waals surface area contributed by atoms with Gasteiger partial charge in [0.2, 0.25) is 0 Å². The molecule has 9 heteroatoms. The van der Waals surface area contributed by atoms with Crippen molar-refractivity contribution in [3.05, 3.63) is 89.2 Å². The summed E-state index contributed by atoms with van der Waals surface area (Å²) in [5.41, 5.74) is -0.641. The van der Waals surface area contributed by atoms with Crippen LogP contribution in [-0.4, -0.2) is 29.4 Å². The van der Waals surface area contributed by atoms with Crippen LogP contribution in [-0.2, 0) is 12.6 Å². The van der Waals surface area contributed by atoms with E-state index in [1.165, 1.54) is 31.4 Å². The van der Waals surface area contributed by atoms with Gasteiger partial charge < -0.3 is 15.4 Å². The third-order valence-electron chi connectivity index (χ3n) is 4.88. The molecule has 2 amide bonds. The van der Waals surface area contributed by atoms with Gasteiger partial charge >= 0.3 is 6.18 Å². The molecule has 1 heterocycles. The highest BCUT2D eigenvalue weighted by Gasteiger charge is 2.31. The number of benzene rings is 2. The van der Waals surface area contributed by atoms with Gasteiger partial charge in [0.1, 0.15) is 17.2 Å². The number of rotatable bonds is 7. The molecule has 0 atom stereocenters. The highest BCUT2D eigenvalue weighted by atomic mass is 19.4. The summed E-state index contributed by atoms with van der Waals surface area (Å²) in [5.74, 6) is 0.0221. The summed E-state index contributed by atoms with van der Waals surface area (Å²) in [5, 5.41) is 5.29. The van der Waals surface area contributed by atoms with Crippen LogP contribution < -0.4 is 15.4 Å². The molecular weight excluding hydrogens is 447 g/mol. The first kappa shape index (κ1) is 24.8. The van der Waals surface area contributed by atoms with Crippen LogP contribution in [0, 0.1) is 0 Å². The summed E-state index contributed by atoms with van der Waals surface area (Å²) >= 11 is 0. The number of alkyl halides is 3. The minimum absolute atomic E-state index is 0.0652.